The maximum absolute atomic E-state index is 14.3. The van der Waals surface area contributed by atoms with Crippen LogP contribution in [0.25, 0.3) is 10.9 Å². The zero-order valence-electron chi connectivity index (χ0n) is 22.5. The summed E-state index contributed by atoms with van der Waals surface area (Å²) in [5.74, 6) is 1.42. The molecule has 1 atom stereocenters. The Labute approximate surface area is 233 Å². The molecule has 8 nitrogen and oxygen atoms in total. The number of nitrogens with one attached hydrogen (secondary N) is 2. The molecule has 8 heteroatoms. The second-order valence-electron chi connectivity index (χ2n) is 10.4. The Morgan fingerprint density at radius 3 is 2.58 bits per heavy atom. The summed E-state index contributed by atoms with van der Waals surface area (Å²) in [4.78, 5) is 33.3. The van der Waals surface area contributed by atoms with E-state index in [1.807, 2.05) is 60.8 Å². The number of benzene rings is 3. The molecule has 4 aromatic rings. The van der Waals surface area contributed by atoms with E-state index in [0.29, 0.717) is 28.5 Å². The second kappa shape index (κ2) is 11.3. The molecule has 0 saturated heterocycles. The maximum Gasteiger partial charge on any atom is 0.248 e. The van der Waals surface area contributed by atoms with E-state index in [2.05, 4.69) is 10.3 Å². The predicted molar refractivity (Wildman–Crippen MR) is 153 cm³/mol. The van der Waals surface area contributed by atoms with E-state index in [4.69, 9.17) is 14.2 Å². The number of amides is 2. The van der Waals surface area contributed by atoms with Crippen molar-refractivity contribution < 1.29 is 23.8 Å². The minimum absolute atomic E-state index is 0.0873. The van der Waals surface area contributed by atoms with E-state index < -0.39 is 6.04 Å². The molecule has 206 valence electrons. The number of hydrogen-bond donors (Lipinski definition) is 2. The van der Waals surface area contributed by atoms with Gasteiger partial charge in [-0.2, -0.15) is 0 Å². The Bertz CT molecular complexity index is 1510. The summed E-state index contributed by atoms with van der Waals surface area (Å²) in [6.07, 6.45) is 7.21. The fourth-order valence-electron chi connectivity index (χ4n) is 5.73. The minimum Gasteiger partial charge on any atom is -0.497 e. The second-order valence-corrected chi connectivity index (χ2v) is 10.4. The molecular weight excluding hydrogens is 506 g/mol. The summed E-state index contributed by atoms with van der Waals surface area (Å²) >= 11 is 0. The van der Waals surface area contributed by atoms with Crippen molar-refractivity contribution in [3.8, 4) is 17.2 Å². The number of nitrogens with zero attached hydrogens (tertiary/aromatic N) is 1. The van der Waals surface area contributed by atoms with Crippen LogP contribution in [0.4, 0.5) is 5.69 Å². The van der Waals surface area contributed by atoms with Gasteiger partial charge in [0, 0.05) is 34.9 Å². The highest BCUT2D eigenvalue weighted by molar-refractivity contribution is 6.03. The van der Waals surface area contributed by atoms with Crippen LogP contribution in [0.5, 0.6) is 17.2 Å². The summed E-state index contributed by atoms with van der Waals surface area (Å²) in [6, 6.07) is 19.8. The Hall–Kier alpha value is -4.46. The lowest BCUT2D eigenvalue weighted by Crippen LogP contribution is -2.47. The lowest BCUT2D eigenvalue weighted by atomic mass is 9.94. The number of anilines is 1. The SMILES string of the molecule is COc1ccc(C(C(=O)NC2CCCCC2)N(C(=O)Cc2c[nH]c3ccccc23)c2ccc3c(c2)OCO3)cc1. The van der Waals surface area contributed by atoms with Gasteiger partial charge < -0.3 is 24.5 Å². The first-order valence-corrected chi connectivity index (χ1v) is 13.8. The number of ether oxygens (including phenoxy) is 3. The minimum atomic E-state index is -0.897. The first-order chi connectivity index (χ1) is 19.6. The third kappa shape index (κ3) is 5.21. The Morgan fingerprint density at radius 2 is 1.77 bits per heavy atom. The molecule has 2 heterocycles. The fourth-order valence-corrected chi connectivity index (χ4v) is 5.73. The van der Waals surface area contributed by atoms with Crippen LogP contribution >= 0.6 is 0 Å². The van der Waals surface area contributed by atoms with E-state index in [1.54, 1.807) is 24.1 Å². The zero-order chi connectivity index (χ0) is 27.5. The van der Waals surface area contributed by atoms with Crippen molar-refractivity contribution >= 4 is 28.4 Å². The van der Waals surface area contributed by atoms with Crippen LogP contribution in [-0.2, 0) is 16.0 Å². The number of rotatable bonds is 8. The van der Waals surface area contributed by atoms with Crippen molar-refractivity contribution in [1.29, 1.82) is 0 Å². The average Bonchev–Trinajstić information content (AvgIpc) is 3.63. The molecule has 1 aromatic heterocycles. The van der Waals surface area contributed by atoms with E-state index in [1.165, 1.54) is 6.42 Å². The van der Waals surface area contributed by atoms with Gasteiger partial charge in [-0.25, -0.2) is 0 Å². The monoisotopic (exact) mass is 539 g/mol. The molecule has 40 heavy (non-hydrogen) atoms. The number of methoxy groups -OCH3 is 1. The van der Waals surface area contributed by atoms with Crippen molar-refractivity contribution in [2.24, 2.45) is 0 Å². The highest BCUT2D eigenvalue weighted by Crippen LogP contribution is 2.39. The number of fused-ring (bicyclic) bond motifs is 2. The maximum atomic E-state index is 14.3. The van der Waals surface area contributed by atoms with Crippen LogP contribution in [0.15, 0.2) is 72.9 Å². The number of carbonyl (C=O) groups is 2. The van der Waals surface area contributed by atoms with E-state index in [-0.39, 0.29) is 31.1 Å². The van der Waals surface area contributed by atoms with Gasteiger partial charge in [0.15, 0.2) is 11.5 Å². The van der Waals surface area contributed by atoms with Gasteiger partial charge in [-0.1, -0.05) is 49.6 Å². The van der Waals surface area contributed by atoms with Crippen LogP contribution < -0.4 is 24.4 Å². The molecule has 2 N–H and O–H groups in total. The molecule has 1 unspecified atom stereocenters. The third-order valence-electron chi connectivity index (χ3n) is 7.81. The Balaban J connectivity index is 1.42. The van der Waals surface area contributed by atoms with Gasteiger partial charge in [-0.3, -0.25) is 14.5 Å². The van der Waals surface area contributed by atoms with Gasteiger partial charge in [0.25, 0.3) is 0 Å². The standard InChI is InChI=1S/C32H33N3O5/c1-38-25-14-11-21(12-15-25)31(32(37)34-23-7-3-2-4-8-23)35(24-13-16-28-29(18-24)40-20-39-28)30(36)17-22-19-33-27-10-6-5-9-26(22)27/h5-6,9-16,18-19,23,31,33H,2-4,7-8,17,20H2,1H3,(H,34,37). The molecule has 2 amide bonds. The van der Waals surface area contributed by atoms with Crippen LogP contribution in [0.3, 0.4) is 0 Å². The van der Waals surface area contributed by atoms with Gasteiger partial charge in [0.05, 0.1) is 13.5 Å². The Morgan fingerprint density at radius 1 is 1.00 bits per heavy atom. The highest BCUT2D eigenvalue weighted by atomic mass is 16.7. The quantitative estimate of drug-likeness (QED) is 0.301. The third-order valence-corrected chi connectivity index (χ3v) is 7.81. The number of H-pyrrole nitrogens is 1. The summed E-state index contributed by atoms with van der Waals surface area (Å²) in [5, 5.41) is 4.25. The normalized spacial score (nSPS) is 15.5. The van der Waals surface area contributed by atoms with Crippen molar-refractivity contribution in [2.75, 3.05) is 18.8 Å². The smallest absolute Gasteiger partial charge is 0.248 e. The Kier molecular flexibility index (Phi) is 7.31. The average molecular weight is 540 g/mol. The van der Waals surface area contributed by atoms with Crippen molar-refractivity contribution in [3.05, 3.63) is 84.1 Å². The van der Waals surface area contributed by atoms with Gasteiger partial charge in [0.2, 0.25) is 18.6 Å². The predicted octanol–water partition coefficient (Wildman–Crippen LogP) is 5.67. The summed E-state index contributed by atoms with van der Waals surface area (Å²) < 4.78 is 16.5. The lowest BCUT2D eigenvalue weighted by Gasteiger charge is -2.33. The molecule has 0 bridgehead atoms. The van der Waals surface area contributed by atoms with Crippen molar-refractivity contribution in [3.63, 3.8) is 0 Å². The number of hydrogen-bond acceptors (Lipinski definition) is 5. The molecule has 3 aromatic carbocycles. The fraction of sp³-hybridized carbons (Fsp3) is 0.312. The topological polar surface area (TPSA) is 92.9 Å². The van der Waals surface area contributed by atoms with Crippen molar-refractivity contribution in [2.45, 2.75) is 50.6 Å². The highest BCUT2D eigenvalue weighted by Gasteiger charge is 2.35. The molecule has 1 aliphatic carbocycles. The summed E-state index contributed by atoms with van der Waals surface area (Å²) in [5.41, 5.74) is 3.09. The van der Waals surface area contributed by atoms with Gasteiger partial charge >= 0.3 is 0 Å². The molecule has 1 saturated carbocycles. The molecule has 1 aliphatic heterocycles. The molecule has 0 spiro atoms. The van der Waals surface area contributed by atoms with Crippen LogP contribution in [0.2, 0.25) is 0 Å². The van der Waals surface area contributed by atoms with Gasteiger partial charge in [-0.15, -0.1) is 0 Å². The van der Waals surface area contributed by atoms with E-state index in [0.717, 1.165) is 42.1 Å². The molecule has 1 fully saturated rings. The first kappa shape index (κ1) is 25.8. The zero-order valence-corrected chi connectivity index (χ0v) is 22.5. The van der Waals surface area contributed by atoms with Crippen molar-refractivity contribution in [1.82, 2.24) is 10.3 Å². The van der Waals surface area contributed by atoms with Crippen LogP contribution in [-0.4, -0.2) is 36.7 Å². The van der Waals surface area contributed by atoms with Crippen LogP contribution in [0, 0.1) is 0 Å². The van der Waals surface area contributed by atoms with E-state index in [9.17, 15) is 9.59 Å². The summed E-state index contributed by atoms with van der Waals surface area (Å²) in [7, 11) is 1.60. The number of para-hydroxylation sites is 1. The number of carbonyl (C=O) groups excluding carboxylic acids is 2. The molecule has 2 aliphatic rings. The van der Waals surface area contributed by atoms with Gasteiger partial charge in [0.1, 0.15) is 11.8 Å². The molecule has 0 radical (unpaired) electrons. The first-order valence-electron chi connectivity index (χ1n) is 13.8. The number of aromatic nitrogens is 1. The van der Waals surface area contributed by atoms with Gasteiger partial charge in [-0.05, 0) is 54.3 Å². The van der Waals surface area contributed by atoms with E-state index >= 15 is 0 Å². The molecular formula is C32H33N3O5. The van der Waals surface area contributed by atoms with Crippen LogP contribution in [0.1, 0.15) is 49.3 Å². The largest absolute Gasteiger partial charge is 0.497 e. The number of aromatic amines is 1. The lowest BCUT2D eigenvalue weighted by molar-refractivity contribution is -0.127. The molecule has 6 rings (SSSR count). The summed E-state index contributed by atoms with van der Waals surface area (Å²) in [6.45, 7) is 0.117.